The van der Waals surface area contributed by atoms with E-state index in [9.17, 15) is 18.0 Å². The Morgan fingerprint density at radius 1 is 1.09 bits per heavy atom. The molecule has 0 radical (unpaired) electrons. The van der Waals surface area contributed by atoms with E-state index in [1.165, 1.54) is 4.90 Å². The molecule has 0 unspecified atom stereocenters. The second-order valence-corrected chi connectivity index (χ2v) is 10.3. The highest BCUT2D eigenvalue weighted by Crippen LogP contribution is 2.25. The molecule has 0 aliphatic carbocycles. The topological polar surface area (TPSA) is 86.8 Å². The zero-order valence-electron chi connectivity index (χ0n) is 18.8. The number of nitrogens with zero attached hydrogens (tertiary/aromatic N) is 2. The molecule has 0 aliphatic rings. The molecule has 0 aliphatic heterocycles. The molecule has 2 amide bonds. The molecule has 0 bridgehead atoms. The third-order valence-corrected chi connectivity index (χ3v) is 7.07. The van der Waals surface area contributed by atoms with Crippen molar-refractivity contribution in [2.24, 2.45) is 0 Å². The number of hydrogen-bond donors (Lipinski definition) is 1. The summed E-state index contributed by atoms with van der Waals surface area (Å²) in [5, 5.41) is 2.78. The molecule has 2 rings (SSSR count). The maximum absolute atomic E-state index is 13.5. The third-order valence-electron chi connectivity index (χ3n) is 5.04. The van der Waals surface area contributed by atoms with Crippen molar-refractivity contribution >= 4 is 43.5 Å². The number of benzene rings is 2. The summed E-state index contributed by atoms with van der Waals surface area (Å²) in [6, 6.07) is 13.7. The third kappa shape index (κ3) is 6.80. The van der Waals surface area contributed by atoms with Crippen LogP contribution in [0.25, 0.3) is 0 Å². The highest BCUT2D eigenvalue weighted by atomic mass is 79.9. The van der Waals surface area contributed by atoms with Crippen molar-refractivity contribution in [3.63, 3.8) is 0 Å². The molecule has 2 aromatic rings. The number of aryl methyl sites for hydroxylation is 1. The standard InChI is InChI=1S/C23H30BrN3O4S/c1-5-21(23(29)25-6-2)26(15-18-10-8-7-9-11-18)22(28)16-27(32(4,30)31)19-12-13-20(24)17(3)14-19/h7-14,21H,5-6,15-16H2,1-4H3,(H,25,29)/t21-/m0/s1. The number of halogens is 1. The van der Waals surface area contributed by atoms with Gasteiger partial charge in [-0.25, -0.2) is 8.42 Å². The summed E-state index contributed by atoms with van der Waals surface area (Å²) in [5.41, 5.74) is 2.10. The Balaban J connectivity index is 2.42. The van der Waals surface area contributed by atoms with Crippen molar-refractivity contribution in [1.29, 1.82) is 0 Å². The SMILES string of the molecule is CCNC(=O)[C@H](CC)N(Cc1ccccc1)C(=O)CN(c1ccc(Br)c(C)c1)S(C)(=O)=O. The van der Waals surface area contributed by atoms with E-state index in [2.05, 4.69) is 21.2 Å². The summed E-state index contributed by atoms with van der Waals surface area (Å²) in [6.07, 6.45) is 1.47. The van der Waals surface area contributed by atoms with Crippen molar-refractivity contribution < 1.29 is 18.0 Å². The molecule has 0 heterocycles. The van der Waals surface area contributed by atoms with Crippen LogP contribution < -0.4 is 9.62 Å². The maximum atomic E-state index is 13.5. The second kappa shape index (κ2) is 11.5. The summed E-state index contributed by atoms with van der Waals surface area (Å²) in [7, 11) is -3.74. The predicted molar refractivity (Wildman–Crippen MR) is 131 cm³/mol. The minimum Gasteiger partial charge on any atom is -0.355 e. The van der Waals surface area contributed by atoms with Crippen LogP contribution in [0.2, 0.25) is 0 Å². The normalized spacial score (nSPS) is 12.2. The van der Waals surface area contributed by atoms with Crippen molar-refractivity contribution in [3.05, 3.63) is 64.1 Å². The van der Waals surface area contributed by atoms with E-state index in [4.69, 9.17) is 0 Å². The lowest BCUT2D eigenvalue weighted by Gasteiger charge is -2.32. The van der Waals surface area contributed by atoms with Gasteiger partial charge >= 0.3 is 0 Å². The number of carbonyl (C=O) groups excluding carboxylic acids is 2. The number of rotatable bonds is 10. The van der Waals surface area contributed by atoms with Crippen LogP contribution in [0.3, 0.4) is 0 Å². The fraction of sp³-hybridized carbons (Fsp3) is 0.391. The Hall–Kier alpha value is -2.39. The second-order valence-electron chi connectivity index (χ2n) is 7.53. The Labute approximate surface area is 199 Å². The molecule has 32 heavy (non-hydrogen) atoms. The highest BCUT2D eigenvalue weighted by molar-refractivity contribution is 9.10. The smallest absolute Gasteiger partial charge is 0.244 e. The van der Waals surface area contributed by atoms with Crippen molar-refractivity contribution in [2.45, 2.75) is 39.8 Å². The molecule has 0 saturated heterocycles. The Morgan fingerprint density at radius 3 is 2.28 bits per heavy atom. The molecule has 7 nitrogen and oxygen atoms in total. The highest BCUT2D eigenvalue weighted by Gasteiger charge is 2.31. The first-order valence-corrected chi connectivity index (χ1v) is 13.1. The fourth-order valence-electron chi connectivity index (χ4n) is 3.39. The van der Waals surface area contributed by atoms with Gasteiger partial charge in [-0.05, 0) is 49.6 Å². The van der Waals surface area contributed by atoms with E-state index in [1.54, 1.807) is 18.2 Å². The maximum Gasteiger partial charge on any atom is 0.244 e. The number of likely N-dealkylation sites (N-methyl/N-ethyl adjacent to an activating group) is 1. The Kier molecular flexibility index (Phi) is 9.27. The minimum absolute atomic E-state index is 0.201. The van der Waals surface area contributed by atoms with Gasteiger partial charge in [-0.15, -0.1) is 0 Å². The van der Waals surface area contributed by atoms with Crippen LogP contribution in [0.5, 0.6) is 0 Å². The number of sulfonamides is 1. The number of carbonyl (C=O) groups is 2. The Morgan fingerprint density at radius 2 is 1.75 bits per heavy atom. The summed E-state index contributed by atoms with van der Waals surface area (Å²) >= 11 is 3.41. The van der Waals surface area contributed by atoms with Crippen LogP contribution >= 0.6 is 15.9 Å². The van der Waals surface area contributed by atoms with Crippen molar-refractivity contribution in [2.75, 3.05) is 23.7 Å². The van der Waals surface area contributed by atoms with Gasteiger partial charge in [-0.1, -0.05) is 53.2 Å². The number of amides is 2. The van der Waals surface area contributed by atoms with Crippen LogP contribution in [-0.4, -0.2) is 50.5 Å². The summed E-state index contributed by atoms with van der Waals surface area (Å²) in [6.45, 7) is 5.73. The van der Waals surface area contributed by atoms with Gasteiger partial charge < -0.3 is 10.2 Å². The lowest BCUT2D eigenvalue weighted by atomic mass is 10.1. The molecule has 1 atom stereocenters. The number of nitrogens with one attached hydrogen (secondary N) is 1. The largest absolute Gasteiger partial charge is 0.355 e. The van der Waals surface area contributed by atoms with Gasteiger partial charge in [-0.2, -0.15) is 0 Å². The van der Waals surface area contributed by atoms with E-state index in [1.807, 2.05) is 51.1 Å². The van der Waals surface area contributed by atoms with Gasteiger partial charge in [-0.3, -0.25) is 13.9 Å². The first-order valence-electron chi connectivity index (χ1n) is 10.4. The van der Waals surface area contributed by atoms with E-state index in [-0.39, 0.29) is 12.5 Å². The van der Waals surface area contributed by atoms with Crippen LogP contribution in [0.15, 0.2) is 53.0 Å². The molecule has 0 spiro atoms. The van der Waals surface area contributed by atoms with Crippen LogP contribution in [-0.2, 0) is 26.2 Å². The van der Waals surface area contributed by atoms with E-state index < -0.39 is 28.5 Å². The first-order chi connectivity index (χ1) is 15.1. The van der Waals surface area contributed by atoms with Crippen molar-refractivity contribution in [1.82, 2.24) is 10.2 Å². The fourth-order valence-corrected chi connectivity index (χ4v) is 4.48. The first kappa shape index (κ1) is 25.9. The van der Waals surface area contributed by atoms with Crippen LogP contribution in [0.1, 0.15) is 31.4 Å². The quantitative estimate of drug-likeness (QED) is 0.516. The Bertz CT molecular complexity index is 1040. The van der Waals surface area contributed by atoms with Crippen molar-refractivity contribution in [3.8, 4) is 0 Å². The summed E-state index contributed by atoms with van der Waals surface area (Å²) < 4.78 is 27.1. The van der Waals surface area contributed by atoms with E-state index in [0.717, 1.165) is 26.2 Å². The average Bonchev–Trinajstić information content (AvgIpc) is 2.74. The molecular formula is C23H30BrN3O4S. The molecule has 174 valence electrons. The van der Waals surface area contributed by atoms with Gasteiger partial charge in [0.05, 0.1) is 11.9 Å². The lowest BCUT2D eigenvalue weighted by molar-refractivity contribution is -0.140. The molecule has 9 heteroatoms. The predicted octanol–water partition coefficient (Wildman–Crippen LogP) is 3.47. The minimum atomic E-state index is -3.74. The summed E-state index contributed by atoms with van der Waals surface area (Å²) in [5.74, 6) is -0.706. The molecule has 0 aromatic heterocycles. The zero-order valence-corrected chi connectivity index (χ0v) is 21.2. The summed E-state index contributed by atoms with van der Waals surface area (Å²) in [4.78, 5) is 27.6. The molecule has 0 fully saturated rings. The monoisotopic (exact) mass is 523 g/mol. The van der Waals surface area contributed by atoms with E-state index in [0.29, 0.717) is 18.7 Å². The molecule has 1 N–H and O–H groups in total. The number of hydrogen-bond acceptors (Lipinski definition) is 4. The van der Waals surface area contributed by atoms with Gasteiger partial charge in [0.25, 0.3) is 0 Å². The van der Waals surface area contributed by atoms with Gasteiger partial charge in [0.1, 0.15) is 12.6 Å². The van der Waals surface area contributed by atoms with Gasteiger partial charge in [0.15, 0.2) is 0 Å². The number of anilines is 1. The molecule has 0 saturated carbocycles. The van der Waals surface area contributed by atoms with Crippen LogP contribution in [0.4, 0.5) is 5.69 Å². The molecule has 2 aromatic carbocycles. The van der Waals surface area contributed by atoms with Crippen LogP contribution in [0, 0.1) is 6.92 Å². The van der Waals surface area contributed by atoms with E-state index >= 15 is 0 Å². The zero-order chi connectivity index (χ0) is 23.9. The van der Waals surface area contributed by atoms with Gasteiger partial charge in [0, 0.05) is 17.6 Å². The lowest BCUT2D eigenvalue weighted by Crippen LogP contribution is -2.52. The van der Waals surface area contributed by atoms with Gasteiger partial charge in [0.2, 0.25) is 21.8 Å². The average molecular weight is 524 g/mol. The molecular weight excluding hydrogens is 494 g/mol.